The number of benzene rings is 3. The Kier molecular flexibility index (Phi) is 9.68. The number of unbranched alkanes of at least 4 members (excludes halogenated alkanes) is 2. The molecule has 0 heterocycles. The fourth-order valence-electron chi connectivity index (χ4n) is 2.97. The molecule has 176 valence electrons. The molecule has 0 atom stereocenters. The van der Waals surface area contributed by atoms with E-state index in [4.69, 9.17) is 9.47 Å². The molecule has 0 aliphatic carbocycles. The Morgan fingerprint density at radius 1 is 0.824 bits per heavy atom. The van der Waals surface area contributed by atoms with E-state index < -0.39 is 11.8 Å². The van der Waals surface area contributed by atoms with Crippen molar-refractivity contribution in [3.8, 4) is 11.5 Å². The highest BCUT2D eigenvalue weighted by Crippen LogP contribution is 2.16. The van der Waals surface area contributed by atoms with Crippen LogP contribution in [0, 0.1) is 0 Å². The highest BCUT2D eigenvalue weighted by atomic mass is 16.5. The molecule has 0 unspecified atom stereocenters. The van der Waals surface area contributed by atoms with Crippen LogP contribution in [0.2, 0.25) is 0 Å². The Morgan fingerprint density at radius 2 is 1.50 bits per heavy atom. The van der Waals surface area contributed by atoms with Crippen LogP contribution in [0.5, 0.6) is 11.5 Å². The maximum absolute atomic E-state index is 12.1. The first-order valence-electron chi connectivity index (χ1n) is 11.3. The molecule has 0 aliphatic rings. The van der Waals surface area contributed by atoms with Crippen molar-refractivity contribution in [2.45, 2.75) is 32.8 Å². The second kappa shape index (κ2) is 13.4. The topological polar surface area (TPSA) is 89.0 Å². The summed E-state index contributed by atoms with van der Waals surface area (Å²) in [5, 5.41) is 6.38. The van der Waals surface area contributed by atoms with Crippen LogP contribution in [0.1, 0.15) is 37.3 Å². The van der Waals surface area contributed by atoms with E-state index in [0.29, 0.717) is 18.9 Å². The summed E-state index contributed by atoms with van der Waals surface area (Å²) in [6.45, 7) is 3.28. The molecule has 3 aromatic carbocycles. The van der Waals surface area contributed by atoms with Crippen LogP contribution in [0.25, 0.3) is 0 Å². The molecule has 7 nitrogen and oxygen atoms in total. The van der Waals surface area contributed by atoms with Crippen LogP contribution in [-0.4, -0.2) is 24.6 Å². The standard InChI is InChI=1S/C27H29N3O4/c1-2-3-7-18-33-24-16-12-23(13-17-24)29-26(31)27(32)30-28-19-21-10-14-25(15-11-21)34-20-22-8-5-4-6-9-22/h4-6,8-17,19H,2-3,7,18,20H2,1H3,(H,29,31)(H,30,32)/b28-19-. The zero-order valence-electron chi connectivity index (χ0n) is 19.2. The molecular formula is C27H29N3O4. The molecule has 0 saturated carbocycles. The number of hydrazone groups is 1. The lowest BCUT2D eigenvalue weighted by molar-refractivity contribution is -0.136. The number of ether oxygens (including phenoxy) is 2. The average molecular weight is 460 g/mol. The zero-order chi connectivity index (χ0) is 24.0. The van der Waals surface area contributed by atoms with Gasteiger partial charge in [-0.1, -0.05) is 50.1 Å². The number of hydrogen-bond acceptors (Lipinski definition) is 5. The molecule has 2 amide bonds. The van der Waals surface area contributed by atoms with Gasteiger partial charge in [0.2, 0.25) is 0 Å². The van der Waals surface area contributed by atoms with E-state index in [1.54, 1.807) is 24.3 Å². The van der Waals surface area contributed by atoms with Gasteiger partial charge in [0.05, 0.1) is 12.8 Å². The van der Waals surface area contributed by atoms with Gasteiger partial charge in [-0.25, -0.2) is 5.43 Å². The number of amides is 2. The molecule has 0 spiro atoms. The highest BCUT2D eigenvalue weighted by Gasteiger charge is 2.12. The maximum atomic E-state index is 12.1. The first-order valence-corrected chi connectivity index (χ1v) is 11.3. The number of carbonyl (C=O) groups excluding carboxylic acids is 2. The highest BCUT2D eigenvalue weighted by molar-refractivity contribution is 6.39. The Hall–Kier alpha value is -4.13. The van der Waals surface area contributed by atoms with Crippen LogP contribution in [-0.2, 0) is 16.2 Å². The Labute approximate surface area is 199 Å². The third-order valence-corrected chi connectivity index (χ3v) is 4.84. The smallest absolute Gasteiger partial charge is 0.329 e. The Morgan fingerprint density at radius 3 is 2.21 bits per heavy atom. The minimum atomic E-state index is -0.862. The monoisotopic (exact) mass is 459 g/mol. The van der Waals surface area contributed by atoms with Gasteiger partial charge in [0, 0.05) is 5.69 Å². The molecule has 2 N–H and O–H groups in total. The second-order valence-electron chi connectivity index (χ2n) is 7.58. The molecule has 3 rings (SSSR count). The predicted octanol–water partition coefficient (Wildman–Crippen LogP) is 4.92. The van der Waals surface area contributed by atoms with Crippen molar-refractivity contribution in [1.29, 1.82) is 0 Å². The van der Waals surface area contributed by atoms with Gasteiger partial charge >= 0.3 is 11.8 Å². The van der Waals surface area contributed by atoms with E-state index in [1.807, 2.05) is 54.6 Å². The molecule has 0 aliphatic heterocycles. The quantitative estimate of drug-likeness (QED) is 0.184. The molecule has 0 bridgehead atoms. The van der Waals surface area contributed by atoms with Gasteiger partial charge in [0.25, 0.3) is 0 Å². The lowest BCUT2D eigenvalue weighted by Gasteiger charge is -2.08. The van der Waals surface area contributed by atoms with Crippen molar-refractivity contribution in [2.75, 3.05) is 11.9 Å². The average Bonchev–Trinajstić information content (AvgIpc) is 2.87. The Balaban J connectivity index is 1.40. The van der Waals surface area contributed by atoms with E-state index in [-0.39, 0.29) is 0 Å². The van der Waals surface area contributed by atoms with Gasteiger partial charge in [-0.3, -0.25) is 9.59 Å². The van der Waals surface area contributed by atoms with Crippen molar-refractivity contribution >= 4 is 23.7 Å². The zero-order valence-corrected chi connectivity index (χ0v) is 19.2. The summed E-state index contributed by atoms with van der Waals surface area (Å²) in [4.78, 5) is 24.1. The van der Waals surface area contributed by atoms with Crippen LogP contribution in [0.3, 0.4) is 0 Å². The molecule has 0 saturated heterocycles. The summed E-state index contributed by atoms with van der Waals surface area (Å²) in [7, 11) is 0. The number of nitrogens with zero attached hydrogens (tertiary/aromatic N) is 1. The SMILES string of the molecule is CCCCCOc1ccc(NC(=O)C(=O)N/N=C\c2ccc(OCc3ccccc3)cc2)cc1. The maximum Gasteiger partial charge on any atom is 0.329 e. The number of hydrogen-bond donors (Lipinski definition) is 2. The van der Waals surface area contributed by atoms with Gasteiger partial charge in [-0.05, 0) is 66.1 Å². The third kappa shape index (κ3) is 8.43. The lowest BCUT2D eigenvalue weighted by atomic mass is 10.2. The minimum absolute atomic E-state index is 0.480. The van der Waals surface area contributed by atoms with E-state index in [0.717, 1.165) is 41.9 Å². The molecular weight excluding hydrogens is 430 g/mol. The van der Waals surface area contributed by atoms with Crippen molar-refractivity contribution in [3.63, 3.8) is 0 Å². The van der Waals surface area contributed by atoms with Crippen molar-refractivity contribution in [3.05, 3.63) is 90.0 Å². The molecule has 3 aromatic rings. The Bertz CT molecular complexity index is 1070. The molecule has 0 aromatic heterocycles. The van der Waals surface area contributed by atoms with Gasteiger partial charge in [-0.15, -0.1) is 0 Å². The van der Waals surface area contributed by atoms with Crippen LogP contribution >= 0.6 is 0 Å². The van der Waals surface area contributed by atoms with E-state index in [9.17, 15) is 9.59 Å². The number of rotatable bonds is 11. The largest absolute Gasteiger partial charge is 0.494 e. The van der Waals surface area contributed by atoms with Crippen LogP contribution < -0.4 is 20.2 Å². The van der Waals surface area contributed by atoms with Crippen molar-refractivity contribution < 1.29 is 19.1 Å². The second-order valence-corrected chi connectivity index (χ2v) is 7.58. The van der Waals surface area contributed by atoms with Gasteiger partial charge in [0.1, 0.15) is 18.1 Å². The summed E-state index contributed by atoms with van der Waals surface area (Å²) >= 11 is 0. The van der Waals surface area contributed by atoms with Gasteiger partial charge in [-0.2, -0.15) is 5.10 Å². The molecule has 7 heteroatoms. The summed E-state index contributed by atoms with van der Waals surface area (Å²) in [5.74, 6) is -0.223. The summed E-state index contributed by atoms with van der Waals surface area (Å²) in [6, 6.07) is 24.0. The fourth-order valence-corrected chi connectivity index (χ4v) is 2.97. The lowest BCUT2D eigenvalue weighted by Crippen LogP contribution is -2.32. The van der Waals surface area contributed by atoms with Crippen molar-refractivity contribution in [2.24, 2.45) is 5.10 Å². The number of carbonyl (C=O) groups is 2. The fraction of sp³-hybridized carbons (Fsp3) is 0.222. The summed E-state index contributed by atoms with van der Waals surface area (Å²) in [5.41, 5.74) is 4.56. The molecule has 34 heavy (non-hydrogen) atoms. The third-order valence-electron chi connectivity index (χ3n) is 4.84. The van der Waals surface area contributed by atoms with E-state index >= 15 is 0 Å². The summed E-state index contributed by atoms with van der Waals surface area (Å²) < 4.78 is 11.4. The van der Waals surface area contributed by atoms with E-state index in [2.05, 4.69) is 22.8 Å². The van der Waals surface area contributed by atoms with Crippen molar-refractivity contribution in [1.82, 2.24) is 5.43 Å². The number of nitrogens with one attached hydrogen (secondary N) is 2. The number of anilines is 1. The first kappa shape index (κ1) is 24.5. The first-order chi connectivity index (χ1) is 16.6. The molecule has 0 radical (unpaired) electrons. The van der Waals surface area contributed by atoms with Crippen LogP contribution in [0.15, 0.2) is 84.0 Å². The summed E-state index contributed by atoms with van der Waals surface area (Å²) in [6.07, 6.45) is 4.72. The minimum Gasteiger partial charge on any atom is -0.494 e. The van der Waals surface area contributed by atoms with Gasteiger partial charge < -0.3 is 14.8 Å². The predicted molar refractivity (Wildman–Crippen MR) is 133 cm³/mol. The van der Waals surface area contributed by atoms with Gasteiger partial charge in [0.15, 0.2) is 0 Å². The van der Waals surface area contributed by atoms with E-state index in [1.165, 1.54) is 6.21 Å². The normalized spacial score (nSPS) is 10.6. The van der Waals surface area contributed by atoms with Crippen LogP contribution in [0.4, 0.5) is 5.69 Å². The molecule has 0 fully saturated rings.